The summed E-state index contributed by atoms with van der Waals surface area (Å²) >= 11 is 0. The van der Waals surface area contributed by atoms with E-state index < -0.39 is 132 Å². The number of likely N-dealkylation sites (tertiary alicyclic amines) is 1. The minimum atomic E-state index is -1.50. The van der Waals surface area contributed by atoms with E-state index in [4.69, 9.17) is 24.7 Å². The van der Waals surface area contributed by atoms with Gasteiger partial charge in [-0.3, -0.25) is 48.1 Å². The molecule has 3 aliphatic rings. The van der Waals surface area contributed by atoms with E-state index in [1.54, 1.807) is 56.9 Å². The van der Waals surface area contributed by atoms with Gasteiger partial charge in [0.05, 0.1) is 67.5 Å². The van der Waals surface area contributed by atoms with Crippen molar-refractivity contribution in [3.8, 4) is 0 Å². The summed E-state index contributed by atoms with van der Waals surface area (Å²) in [5.41, 5.74) is 7.66. The monoisotopic (exact) mass is 1470 g/mol. The molecule has 5 rings (SSSR count). The third-order valence-electron chi connectivity index (χ3n) is 21.7. The van der Waals surface area contributed by atoms with Crippen molar-refractivity contribution in [1.82, 2.24) is 36.0 Å². The third-order valence-corrected chi connectivity index (χ3v) is 21.7. The largest absolute Gasteiger partial charge is 0.388 e. The number of hydrogen-bond donors (Lipinski definition) is 9. The molecule has 3 heterocycles. The number of nitrogens with one attached hydrogen (secondary N) is 4. The minimum Gasteiger partial charge on any atom is -0.388 e. The van der Waals surface area contributed by atoms with Crippen LogP contribution in [0.3, 0.4) is 0 Å². The molecule has 19 atom stereocenters. The Morgan fingerprint density at radius 1 is 0.648 bits per heavy atom. The van der Waals surface area contributed by atoms with Crippen molar-refractivity contribution in [2.75, 3.05) is 61.5 Å². The zero-order valence-electron chi connectivity index (χ0n) is 65.0. The van der Waals surface area contributed by atoms with Crippen molar-refractivity contribution in [3.63, 3.8) is 0 Å². The van der Waals surface area contributed by atoms with Crippen LogP contribution in [0.15, 0.2) is 54.6 Å². The van der Waals surface area contributed by atoms with Gasteiger partial charge < -0.3 is 76.2 Å². The van der Waals surface area contributed by atoms with E-state index in [2.05, 4.69) is 21.3 Å². The number of benzene rings is 2. The number of likely N-dealkylation sites (N-methyl/N-ethyl adjacent to an activating group) is 2. The summed E-state index contributed by atoms with van der Waals surface area (Å²) in [5.74, 6) is -6.25. The van der Waals surface area contributed by atoms with Gasteiger partial charge >= 0.3 is 6.03 Å². The fourth-order valence-corrected chi connectivity index (χ4v) is 15.5. The Hall–Kier alpha value is -6.62. The molecule has 0 bridgehead atoms. The Bertz CT molecular complexity index is 3110. The Labute approximate surface area is 622 Å². The Kier molecular flexibility index (Phi) is 36.8. The predicted octanol–water partition coefficient (Wildman–Crippen LogP) is 4.85. The summed E-state index contributed by atoms with van der Waals surface area (Å²) in [6.07, 6.45) is -7.33. The lowest BCUT2D eigenvalue weighted by molar-refractivity contribution is -0.149. The number of amides is 7. The topological polar surface area (TPSA) is 372 Å². The first-order valence-electron chi connectivity index (χ1n) is 38.1. The SMILES string of the molecule is CCCC1OC(CC(=O)NC[C@H]2O[C@@H](CC(=O)C[C@@H](C(=O)NC(CCCNC(N)=O)C(=O)Cc3ccc(CCNC(=O)[C@@H](CC(=O)C(C)C(OC)C4CCCN4C(=O)CC(OC)C(C(C)CC)N(C)C(=O)[C@@H](CC(=O)C(C(C)C)N(C)C)C(C)C)Cc4ccccc4)cc3)C(C)C)C(O)C2O)[C@H](O)[C@@H]1O. The van der Waals surface area contributed by atoms with E-state index in [1.807, 2.05) is 110 Å². The smallest absolute Gasteiger partial charge is 0.312 e. The number of nitrogens with two attached hydrogens (primary N) is 1. The van der Waals surface area contributed by atoms with Gasteiger partial charge in [0.25, 0.3) is 0 Å². The second-order valence-corrected chi connectivity index (χ2v) is 30.8. The number of methoxy groups -OCH3 is 2. The van der Waals surface area contributed by atoms with Crippen LogP contribution in [0, 0.1) is 47.3 Å². The highest BCUT2D eigenvalue weighted by molar-refractivity contribution is 5.93. The zero-order chi connectivity index (χ0) is 78.1. The van der Waals surface area contributed by atoms with Crippen LogP contribution in [0.25, 0.3) is 0 Å². The first kappa shape index (κ1) is 89.0. The molecule has 0 saturated carbocycles. The molecule has 7 amide bonds. The molecule has 3 fully saturated rings. The van der Waals surface area contributed by atoms with Crippen LogP contribution in [0.1, 0.15) is 169 Å². The Morgan fingerprint density at radius 3 is 1.84 bits per heavy atom. The molecule has 0 spiro atoms. The van der Waals surface area contributed by atoms with Gasteiger partial charge in [0, 0.05) is 103 Å². The minimum absolute atomic E-state index is 0.00906. The number of urea groups is 1. The maximum absolute atomic E-state index is 14.7. The van der Waals surface area contributed by atoms with E-state index in [1.165, 1.54) is 7.11 Å². The van der Waals surface area contributed by atoms with Gasteiger partial charge in [-0.15, -0.1) is 0 Å². The highest BCUT2D eigenvalue weighted by atomic mass is 16.6. The fraction of sp³-hybridized carbons (Fsp3) is 0.722. The number of ketones is 4. The molecule has 26 heteroatoms. The molecule has 0 aromatic heterocycles. The van der Waals surface area contributed by atoms with Gasteiger partial charge in [-0.25, -0.2) is 4.79 Å². The summed E-state index contributed by atoms with van der Waals surface area (Å²) in [4.78, 5) is 144. The van der Waals surface area contributed by atoms with E-state index in [-0.39, 0.29) is 143 Å². The molecule has 26 nitrogen and oxygen atoms in total. The van der Waals surface area contributed by atoms with Gasteiger partial charge in [-0.05, 0) is 99.4 Å². The standard InChI is InChI=1S/C79H126N8O18/c1-16-23-62-71(94)73(96)65(104-62)42-67(92)83-44-66-74(97)72(95)64(105-66)40-54(88)39-55(45(3)4)77(99)84-57(26-21-33-82-79(80)101)60(90)37-52-30-28-50(29-31-52)32-34-81-76(98)53(36-51-24-19-18-20-25-51)38-59(89)49(10)75(103-15)58-27-22-35-87(58)68(93)43-63(102-14)70(48(9)17-2)86(13)78(100)56(46(5)6)41-61(91)69(47(7)8)85(11)12/h18-20,24-25,28-31,45-49,53,55-58,62-66,69-75,94-97H,16-17,21-23,26-27,32-44H2,1-15H3,(H,81,98)(H,83,92)(H,84,99)(H3,80,82,101)/t48?,49?,53-,55-,56+,57?,58?,62?,63?,64+,65?,66-,69?,70?,71-,72?,73+,74?,75?/m1/s1. The van der Waals surface area contributed by atoms with Gasteiger partial charge in [0.1, 0.15) is 42.1 Å². The number of aliphatic hydroxyl groups is 4. The molecule has 2 aromatic rings. The number of primary amides is 1. The van der Waals surface area contributed by atoms with Gasteiger partial charge in [0.15, 0.2) is 11.6 Å². The van der Waals surface area contributed by atoms with Crippen LogP contribution in [0.2, 0.25) is 0 Å². The normalized spacial score (nSPS) is 23.2. The quantitative estimate of drug-likeness (QED) is 0.0400. The highest BCUT2D eigenvalue weighted by Gasteiger charge is 2.47. The van der Waals surface area contributed by atoms with Gasteiger partial charge in [-0.1, -0.05) is 137 Å². The fourth-order valence-electron chi connectivity index (χ4n) is 15.5. The average molecular weight is 1480 g/mol. The average Bonchev–Trinajstić information content (AvgIpc) is 1.78. The van der Waals surface area contributed by atoms with E-state index in [9.17, 15) is 68.4 Å². The molecule has 3 aliphatic heterocycles. The molecule has 10 N–H and O–H groups in total. The number of Topliss-reactive ketones (excluding diaryl/α,β-unsaturated/α-hetero) is 4. The predicted molar refractivity (Wildman–Crippen MR) is 397 cm³/mol. The van der Waals surface area contributed by atoms with Crippen LogP contribution in [-0.2, 0) is 81.4 Å². The first-order valence-corrected chi connectivity index (χ1v) is 38.1. The number of carbonyl (C=O) groups excluding carboxylic acids is 10. The maximum atomic E-state index is 14.7. The highest BCUT2D eigenvalue weighted by Crippen LogP contribution is 2.34. The van der Waals surface area contributed by atoms with Crippen LogP contribution in [-0.4, -0.2) is 241 Å². The van der Waals surface area contributed by atoms with E-state index in [0.29, 0.717) is 50.6 Å². The summed E-state index contributed by atoms with van der Waals surface area (Å²) < 4.78 is 23.8. The number of nitrogens with zero attached hydrogens (tertiary/aromatic N) is 3. The molecule has 3 saturated heterocycles. The van der Waals surface area contributed by atoms with Crippen LogP contribution >= 0.6 is 0 Å². The van der Waals surface area contributed by atoms with Crippen LogP contribution in [0.4, 0.5) is 4.79 Å². The molecule has 12 unspecified atom stereocenters. The summed E-state index contributed by atoms with van der Waals surface area (Å²) in [7, 11) is 8.59. The Morgan fingerprint density at radius 2 is 1.26 bits per heavy atom. The summed E-state index contributed by atoms with van der Waals surface area (Å²) in [6.45, 7) is 19.7. The maximum Gasteiger partial charge on any atom is 0.312 e. The lowest BCUT2D eigenvalue weighted by atomic mass is 9.83. The molecule has 590 valence electrons. The summed E-state index contributed by atoms with van der Waals surface area (Å²) in [6, 6.07) is 13.6. The lowest BCUT2D eigenvalue weighted by Gasteiger charge is -2.41. The molecule has 105 heavy (non-hydrogen) atoms. The van der Waals surface area contributed by atoms with Crippen molar-refractivity contribution < 1.29 is 87.3 Å². The lowest BCUT2D eigenvalue weighted by Crippen LogP contribution is -2.54. The molecule has 0 radical (unpaired) electrons. The molecular weight excluding hydrogens is 1350 g/mol. The van der Waals surface area contributed by atoms with Crippen molar-refractivity contribution in [2.45, 2.75) is 257 Å². The second-order valence-electron chi connectivity index (χ2n) is 30.8. The van der Waals surface area contributed by atoms with Crippen LogP contribution in [0.5, 0.6) is 0 Å². The van der Waals surface area contributed by atoms with Crippen molar-refractivity contribution >= 4 is 58.7 Å². The van der Waals surface area contributed by atoms with Crippen molar-refractivity contribution in [1.29, 1.82) is 0 Å². The molecule has 2 aromatic carbocycles. The number of hydrogen-bond acceptors (Lipinski definition) is 19. The number of aliphatic hydroxyl groups excluding tert-OH is 4. The molecule has 0 aliphatic carbocycles. The zero-order valence-corrected chi connectivity index (χ0v) is 65.0. The van der Waals surface area contributed by atoms with Gasteiger partial charge in [0.2, 0.25) is 29.5 Å². The van der Waals surface area contributed by atoms with Gasteiger partial charge in [-0.2, -0.15) is 0 Å². The van der Waals surface area contributed by atoms with E-state index in [0.717, 1.165) is 11.1 Å². The van der Waals surface area contributed by atoms with Crippen molar-refractivity contribution in [3.05, 3.63) is 71.3 Å². The second kappa shape index (κ2) is 43.4. The number of rotatable bonds is 46. The van der Waals surface area contributed by atoms with Crippen LogP contribution < -0.4 is 27.0 Å². The molecular formula is C79H126N8O18. The first-order chi connectivity index (χ1) is 49.7. The summed E-state index contributed by atoms with van der Waals surface area (Å²) in [5, 5.41) is 53.5. The van der Waals surface area contributed by atoms with Crippen molar-refractivity contribution in [2.24, 2.45) is 53.1 Å². The Balaban J connectivity index is 1.19. The third kappa shape index (κ3) is 26.1. The number of ether oxygens (including phenoxy) is 4. The van der Waals surface area contributed by atoms with E-state index >= 15 is 0 Å². The number of carbonyl (C=O) groups is 10.